The van der Waals surface area contributed by atoms with E-state index >= 15 is 4.39 Å². The monoisotopic (exact) mass is 568 g/mol. The molecule has 3 aromatic carbocycles. The Morgan fingerprint density at radius 3 is 2.62 bits per heavy atom. The number of phenolic OH excluding ortho intramolecular Hbond substituents is 1. The maximum absolute atomic E-state index is 16.3. The largest absolute Gasteiger partial charge is 0.506 e. The lowest BCUT2D eigenvalue weighted by Crippen LogP contribution is -2.41. The molecule has 0 bridgehead atoms. The van der Waals surface area contributed by atoms with Crippen LogP contribution in [0.25, 0.3) is 0 Å². The predicted molar refractivity (Wildman–Crippen MR) is 161 cm³/mol. The number of ketones is 1. The standard InChI is InChI=1S/C35H37FN2O4/c1-20(2)34(41)38-27-12-8-13-28(39)32(27)37-26-18-35(3,4)19-29(40)31(26)33(38)24-16-15-22(17-25(24)36)42-30-14-7-10-21-9-5-6-11-23(21)30/h5-6,8-9,11-13,15-17,20,30,33,37,39H,7,10,14,18-19H2,1-4H3. The van der Waals surface area contributed by atoms with Crippen molar-refractivity contribution in [2.75, 3.05) is 10.2 Å². The number of para-hydroxylation sites is 1. The van der Waals surface area contributed by atoms with Crippen molar-refractivity contribution in [3.63, 3.8) is 0 Å². The van der Waals surface area contributed by atoms with Crippen molar-refractivity contribution < 1.29 is 23.8 Å². The zero-order valence-electron chi connectivity index (χ0n) is 24.5. The van der Waals surface area contributed by atoms with Crippen molar-refractivity contribution in [3.05, 3.63) is 94.4 Å². The number of benzene rings is 3. The quantitative estimate of drug-likeness (QED) is 0.314. The van der Waals surface area contributed by atoms with E-state index in [9.17, 15) is 14.7 Å². The number of aryl methyl sites for hydroxylation is 1. The third kappa shape index (κ3) is 4.95. The average Bonchev–Trinajstić information content (AvgIpc) is 3.07. The number of carbonyl (C=O) groups is 2. The highest BCUT2D eigenvalue weighted by molar-refractivity contribution is 6.07. The van der Waals surface area contributed by atoms with Gasteiger partial charge in [-0.1, -0.05) is 58.0 Å². The lowest BCUT2D eigenvalue weighted by atomic mass is 9.73. The molecule has 7 heteroatoms. The topological polar surface area (TPSA) is 78.9 Å². The zero-order chi connectivity index (χ0) is 29.8. The van der Waals surface area contributed by atoms with E-state index in [0.29, 0.717) is 34.8 Å². The van der Waals surface area contributed by atoms with E-state index < -0.39 is 17.8 Å². The van der Waals surface area contributed by atoms with Gasteiger partial charge in [0.05, 0.1) is 11.7 Å². The Morgan fingerprint density at radius 1 is 1.07 bits per heavy atom. The van der Waals surface area contributed by atoms with Crippen LogP contribution in [0.3, 0.4) is 0 Å². The van der Waals surface area contributed by atoms with Crippen molar-refractivity contribution in [1.82, 2.24) is 0 Å². The highest BCUT2D eigenvalue weighted by Gasteiger charge is 2.45. The summed E-state index contributed by atoms with van der Waals surface area (Å²) in [5.41, 5.74) is 3.92. The second-order valence-corrected chi connectivity index (χ2v) is 12.8. The number of ether oxygens (including phenoxy) is 1. The first-order chi connectivity index (χ1) is 20.0. The van der Waals surface area contributed by atoms with Gasteiger partial charge >= 0.3 is 0 Å². The van der Waals surface area contributed by atoms with E-state index in [2.05, 4.69) is 17.4 Å². The molecule has 0 aromatic heterocycles. The number of hydrogen-bond donors (Lipinski definition) is 2. The van der Waals surface area contributed by atoms with E-state index in [1.165, 1.54) is 22.6 Å². The first-order valence-electron chi connectivity index (χ1n) is 14.8. The average molecular weight is 569 g/mol. The highest BCUT2D eigenvalue weighted by Crippen LogP contribution is 2.51. The molecule has 2 atom stereocenters. The van der Waals surface area contributed by atoms with Crippen molar-refractivity contribution in [2.45, 2.75) is 71.9 Å². The summed E-state index contributed by atoms with van der Waals surface area (Å²) in [6, 6.07) is 16.8. The molecule has 6 rings (SSSR count). The Hall–Kier alpha value is -4.13. The molecule has 3 aromatic rings. The van der Waals surface area contributed by atoms with Gasteiger partial charge in [0.2, 0.25) is 5.91 Å². The number of anilines is 2. The molecule has 1 aliphatic heterocycles. The summed E-state index contributed by atoms with van der Waals surface area (Å²) in [4.78, 5) is 29.3. The van der Waals surface area contributed by atoms with Gasteiger partial charge in [-0.25, -0.2) is 4.39 Å². The molecule has 0 spiro atoms. The molecule has 2 N–H and O–H groups in total. The Labute approximate surface area is 246 Å². The molecule has 0 radical (unpaired) electrons. The first kappa shape index (κ1) is 28.0. The minimum atomic E-state index is -1.02. The van der Waals surface area contributed by atoms with Crippen molar-refractivity contribution in [3.8, 4) is 11.5 Å². The van der Waals surface area contributed by atoms with Crippen molar-refractivity contribution in [2.24, 2.45) is 11.3 Å². The number of amides is 1. The van der Waals surface area contributed by atoms with E-state index in [1.54, 1.807) is 38.1 Å². The molecular weight excluding hydrogens is 531 g/mol. The van der Waals surface area contributed by atoms with Crippen LogP contribution in [-0.4, -0.2) is 16.8 Å². The number of hydrogen-bond acceptors (Lipinski definition) is 5. The maximum Gasteiger partial charge on any atom is 0.230 e. The van der Waals surface area contributed by atoms with Gasteiger partial charge in [-0.15, -0.1) is 0 Å². The highest BCUT2D eigenvalue weighted by atomic mass is 19.1. The molecule has 0 saturated carbocycles. The molecule has 1 heterocycles. The van der Waals surface area contributed by atoms with Gasteiger partial charge in [0.25, 0.3) is 0 Å². The summed E-state index contributed by atoms with van der Waals surface area (Å²) in [5, 5.41) is 14.2. The van der Waals surface area contributed by atoms with E-state index in [-0.39, 0.29) is 40.9 Å². The van der Waals surface area contributed by atoms with Crippen LogP contribution in [0.2, 0.25) is 0 Å². The number of nitrogens with zero attached hydrogens (tertiary/aromatic N) is 1. The summed E-state index contributed by atoms with van der Waals surface area (Å²) >= 11 is 0. The molecule has 0 fully saturated rings. The van der Waals surface area contributed by atoms with Crippen LogP contribution in [0.4, 0.5) is 15.8 Å². The van der Waals surface area contributed by atoms with Gasteiger partial charge in [0, 0.05) is 35.2 Å². The van der Waals surface area contributed by atoms with Crippen LogP contribution in [0.15, 0.2) is 71.9 Å². The molecule has 42 heavy (non-hydrogen) atoms. The van der Waals surface area contributed by atoms with Crippen molar-refractivity contribution in [1.29, 1.82) is 0 Å². The smallest absolute Gasteiger partial charge is 0.230 e. The number of allylic oxidation sites excluding steroid dienone is 1. The Kier molecular flexibility index (Phi) is 7.08. The van der Waals surface area contributed by atoms with Crippen LogP contribution in [0.5, 0.6) is 11.5 Å². The number of carbonyl (C=O) groups excluding carboxylic acids is 2. The SMILES string of the molecule is CC(C)C(=O)N1c2cccc(O)c2NC2=C(C(=O)CC(C)(C)C2)C1c1ccc(OC2CCCc3ccccc32)cc1F. The number of halogens is 1. The second-order valence-electron chi connectivity index (χ2n) is 12.8. The fraction of sp³-hybridized carbons (Fsp3) is 0.371. The summed E-state index contributed by atoms with van der Waals surface area (Å²) < 4.78 is 22.7. The third-order valence-corrected chi connectivity index (χ3v) is 8.60. The zero-order valence-corrected chi connectivity index (χ0v) is 24.5. The van der Waals surface area contributed by atoms with Gasteiger partial charge in [0.15, 0.2) is 5.78 Å². The molecule has 0 saturated heterocycles. The Bertz CT molecular complexity index is 1610. The minimum absolute atomic E-state index is 0.0469. The van der Waals surface area contributed by atoms with Gasteiger partial charge in [0.1, 0.15) is 29.1 Å². The number of phenols is 1. The maximum atomic E-state index is 16.3. The number of aromatic hydroxyl groups is 1. The molecular formula is C35H37FN2O4. The molecule has 3 aliphatic rings. The first-order valence-corrected chi connectivity index (χ1v) is 14.8. The van der Waals surface area contributed by atoms with Gasteiger partial charge < -0.3 is 15.2 Å². The van der Waals surface area contributed by atoms with Gasteiger partial charge in [-0.05, 0) is 66.5 Å². The van der Waals surface area contributed by atoms with E-state index in [4.69, 9.17) is 4.74 Å². The normalized spacial score (nSPS) is 21.2. The van der Waals surface area contributed by atoms with Crippen LogP contribution >= 0.6 is 0 Å². The molecule has 2 aliphatic carbocycles. The summed E-state index contributed by atoms with van der Waals surface area (Å²) in [6.07, 6.45) is 3.43. The van der Waals surface area contributed by atoms with Gasteiger partial charge in [-0.3, -0.25) is 14.5 Å². The predicted octanol–water partition coefficient (Wildman–Crippen LogP) is 7.79. The van der Waals surface area contributed by atoms with E-state index in [1.807, 2.05) is 26.0 Å². The summed E-state index contributed by atoms with van der Waals surface area (Å²) in [7, 11) is 0. The number of Topliss-reactive ketones (excluding diaryl/α,β-unsaturated/α-hetero) is 1. The van der Waals surface area contributed by atoms with E-state index in [0.717, 1.165) is 24.8 Å². The fourth-order valence-corrected chi connectivity index (χ4v) is 6.66. The third-order valence-electron chi connectivity index (χ3n) is 8.60. The van der Waals surface area contributed by atoms with Crippen molar-refractivity contribution >= 4 is 23.1 Å². The fourth-order valence-electron chi connectivity index (χ4n) is 6.66. The van der Waals surface area contributed by atoms with Crippen LogP contribution < -0.4 is 15.0 Å². The molecule has 1 amide bonds. The lowest BCUT2D eigenvalue weighted by molar-refractivity contribution is -0.122. The number of rotatable bonds is 4. The minimum Gasteiger partial charge on any atom is -0.506 e. The van der Waals surface area contributed by atoms with Crippen LogP contribution in [0.1, 0.15) is 82.2 Å². The molecule has 2 unspecified atom stereocenters. The van der Waals surface area contributed by atoms with Crippen LogP contribution in [-0.2, 0) is 16.0 Å². The Morgan fingerprint density at radius 2 is 1.86 bits per heavy atom. The Balaban J connectivity index is 1.48. The lowest BCUT2D eigenvalue weighted by Gasteiger charge is -2.37. The van der Waals surface area contributed by atoms with Crippen LogP contribution in [0, 0.1) is 17.2 Å². The second kappa shape index (κ2) is 10.6. The summed E-state index contributed by atoms with van der Waals surface area (Å²) in [5.74, 6) is -1.08. The number of nitrogens with one attached hydrogen (secondary N) is 1. The molecule has 218 valence electrons. The molecule has 6 nitrogen and oxygen atoms in total. The number of fused-ring (bicyclic) bond motifs is 2. The van der Waals surface area contributed by atoms with Gasteiger partial charge in [-0.2, -0.15) is 0 Å². The summed E-state index contributed by atoms with van der Waals surface area (Å²) in [6.45, 7) is 7.57.